The first-order valence-electron chi connectivity index (χ1n) is 6.13. The molecule has 5 heteroatoms. The molecule has 2 N–H and O–H groups in total. The topological polar surface area (TPSA) is 52.6 Å². The molecule has 98 valence electrons. The van der Waals surface area contributed by atoms with Gasteiger partial charge in [0.15, 0.2) is 0 Å². The lowest BCUT2D eigenvalue weighted by atomic mass is 10.1. The molecule has 0 spiro atoms. The van der Waals surface area contributed by atoms with Crippen LogP contribution in [0.2, 0.25) is 5.02 Å². The second-order valence-corrected chi connectivity index (χ2v) is 4.81. The highest BCUT2D eigenvalue weighted by Crippen LogP contribution is 2.24. The van der Waals surface area contributed by atoms with E-state index in [1.807, 2.05) is 6.92 Å². The molecule has 2 rings (SSSR count). The van der Waals surface area contributed by atoms with Crippen LogP contribution in [0.5, 0.6) is 5.75 Å². The predicted octanol–water partition coefficient (Wildman–Crippen LogP) is 1.87. The number of phenolic OH excluding ortho intramolecular Hbond substituents is 1. The molecule has 1 atom stereocenters. The van der Waals surface area contributed by atoms with E-state index in [2.05, 4.69) is 5.32 Å². The smallest absolute Gasteiger partial charge is 0.255 e. The third-order valence-corrected chi connectivity index (χ3v) is 3.59. The van der Waals surface area contributed by atoms with Crippen LogP contribution < -0.4 is 5.32 Å². The van der Waals surface area contributed by atoms with Crippen molar-refractivity contribution in [3.63, 3.8) is 0 Å². The monoisotopic (exact) mass is 268 g/mol. The Morgan fingerprint density at radius 2 is 2.39 bits per heavy atom. The van der Waals surface area contributed by atoms with Gasteiger partial charge in [-0.3, -0.25) is 4.79 Å². The van der Waals surface area contributed by atoms with Crippen LogP contribution in [-0.4, -0.2) is 41.6 Å². The summed E-state index contributed by atoms with van der Waals surface area (Å²) >= 11 is 6.02. The summed E-state index contributed by atoms with van der Waals surface area (Å²) in [6.07, 6.45) is 0.954. The van der Waals surface area contributed by atoms with Crippen LogP contribution in [0.3, 0.4) is 0 Å². The first-order valence-corrected chi connectivity index (χ1v) is 6.51. The fraction of sp³-hybridized carbons (Fsp3) is 0.462. The van der Waals surface area contributed by atoms with Gasteiger partial charge in [-0.1, -0.05) is 11.6 Å². The number of phenols is 1. The van der Waals surface area contributed by atoms with Crippen molar-refractivity contribution < 1.29 is 9.90 Å². The summed E-state index contributed by atoms with van der Waals surface area (Å²) in [5.41, 5.74) is 0.366. The van der Waals surface area contributed by atoms with Crippen LogP contribution in [0.25, 0.3) is 0 Å². The van der Waals surface area contributed by atoms with Crippen molar-refractivity contribution in [2.24, 2.45) is 0 Å². The number of hydrogen-bond donors (Lipinski definition) is 2. The molecule has 0 radical (unpaired) electrons. The average molecular weight is 269 g/mol. The highest BCUT2D eigenvalue weighted by Gasteiger charge is 2.27. The zero-order chi connectivity index (χ0) is 13.1. The van der Waals surface area contributed by atoms with Crippen LogP contribution in [0.4, 0.5) is 0 Å². The van der Waals surface area contributed by atoms with E-state index >= 15 is 0 Å². The van der Waals surface area contributed by atoms with Crippen LogP contribution in [0.1, 0.15) is 23.7 Å². The van der Waals surface area contributed by atoms with Crippen molar-refractivity contribution in [2.75, 3.05) is 19.6 Å². The summed E-state index contributed by atoms with van der Waals surface area (Å²) in [4.78, 5) is 14.2. The maximum atomic E-state index is 12.4. The van der Waals surface area contributed by atoms with E-state index in [0.29, 0.717) is 17.1 Å². The van der Waals surface area contributed by atoms with Gasteiger partial charge in [-0.15, -0.1) is 0 Å². The van der Waals surface area contributed by atoms with E-state index < -0.39 is 0 Å². The van der Waals surface area contributed by atoms with Crippen molar-refractivity contribution in [3.8, 4) is 5.75 Å². The maximum Gasteiger partial charge on any atom is 0.255 e. The molecule has 1 unspecified atom stereocenters. The Balaban J connectivity index is 2.25. The number of amides is 1. The van der Waals surface area contributed by atoms with Crippen LogP contribution in [0, 0.1) is 0 Å². The van der Waals surface area contributed by atoms with Gasteiger partial charge in [0.25, 0.3) is 5.91 Å². The van der Waals surface area contributed by atoms with Gasteiger partial charge >= 0.3 is 0 Å². The Morgan fingerprint density at radius 1 is 1.61 bits per heavy atom. The van der Waals surface area contributed by atoms with Gasteiger partial charge in [0.05, 0.1) is 10.6 Å². The largest absolute Gasteiger partial charge is 0.508 e. The number of benzene rings is 1. The molecule has 18 heavy (non-hydrogen) atoms. The van der Waals surface area contributed by atoms with Gasteiger partial charge in [0.2, 0.25) is 0 Å². The number of halogens is 1. The highest BCUT2D eigenvalue weighted by molar-refractivity contribution is 6.33. The molecule has 0 bridgehead atoms. The fourth-order valence-corrected chi connectivity index (χ4v) is 2.50. The minimum atomic E-state index is -0.118. The zero-order valence-corrected chi connectivity index (χ0v) is 11.1. The lowest BCUT2D eigenvalue weighted by molar-refractivity contribution is 0.0703. The van der Waals surface area contributed by atoms with Gasteiger partial charge in [0, 0.05) is 19.1 Å². The first kappa shape index (κ1) is 13.2. The summed E-state index contributed by atoms with van der Waals surface area (Å²) in [6, 6.07) is 4.66. The van der Waals surface area contributed by atoms with E-state index in [0.717, 1.165) is 19.5 Å². The average Bonchev–Trinajstić information content (AvgIpc) is 2.87. The standard InChI is InChI=1S/C13H17ClN2O2/c1-2-16(9-5-6-15-8-9)13(18)11-7-10(17)3-4-12(11)14/h3-4,7,9,15,17H,2,5-6,8H2,1H3. The molecule has 0 aliphatic carbocycles. The van der Waals surface area contributed by atoms with Crippen molar-refractivity contribution in [2.45, 2.75) is 19.4 Å². The Hall–Kier alpha value is -1.26. The molecule has 0 saturated carbocycles. The summed E-state index contributed by atoms with van der Waals surface area (Å²) in [7, 11) is 0. The molecule has 4 nitrogen and oxygen atoms in total. The van der Waals surface area contributed by atoms with Gasteiger partial charge in [0.1, 0.15) is 5.75 Å². The summed E-state index contributed by atoms with van der Waals surface area (Å²) in [6.45, 7) is 4.34. The Kier molecular flexibility index (Phi) is 4.09. The van der Waals surface area contributed by atoms with E-state index in [1.165, 1.54) is 12.1 Å². The number of carbonyl (C=O) groups excluding carboxylic acids is 1. The van der Waals surface area contributed by atoms with Crippen LogP contribution >= 0.6 is 11.6 Å². The molecule has 1 heterocycles. The molecule has 1 aromatic carbocycles. The normalized spacial score (nSPS) is 18.9. The molecule has 1 amide bonds. The molecule has 0 aromatic heterocycles. The fourth-order valence-electron chi connectivity index (χ4n) is 2.30. The zero-order valence-electron chi connectivity index (χ0n) is 10.3. The minimum absolute atomic E-state index is 0.0587. The Bertz CT molecular complexity index is 445. The molecule has 1 saturated heterocycles. The lowest BCUT2D eigenvalue weighted by Crippen LogP contribution is -2.41. The molecule has 1 fully saturated rings. The van der Waals surface area contributed by atoms with Gasteiger partial charge < -0.3 is 15.3 Å². The SMILES string of the molecule is CCN(C(=O)c1cc(O)ccc1Cl)C1CCNC1. The summed E-state index contributed by atoms with van der Waals surface area (Å²) in [5, 5.41) is 13.1. The quantitative estimate of drug-likeness (QED) is 0.880. The van der Waals surface area contributed by atoms with Crippen LogP contribution in [-0.2, 0) is 0 Å². The number of rotatable bonds is 3. The number of hydrogen-bond acceptors (Lipinski definition) is 3. The lowest BCUT2D eigenvalue weighted by Gasteiger charge is -2.27. The molecular weight excluding hydrogens is 252 g/mol. The third kappa shape index (κ3) is 2.60. The minimum Gasteiger partial charge on any atom is -0.508 e. The number of likely N-dealkylation sites (N-methyl/N-ethyl adjacent to an activating group) is 1. The van der Waals surface area contributed by atoms with E-state index in [9.17, 15) is 9.90 Å². The Labute approximate surface area is 112 Å². The molecule has 1 aliphatic heterocycles. The number of nitrogens with one attached hydrogen (secondary N) is 1. The van der Waals surface area contributed by atoms with Gasteiger partial charge in [-0.25, -0.2) is 0 Å². The third-order valence-electron chi connectivity index (χ3n) is 3.26. The molecule has 1 aliphatic rings. The summed E-state index contributed by atoms with van der Waals surface area (Å²) in [5.74, 6) is -0.0598. The van der Waals surface area contributed by atoms with Crippen molar-refractivity contribution in [3.05, 3.63) is 28.8 Å². The second kappa shape index (κ2) is 5.59. The second-order valence-electron chi connectivity index (χ2n) is 4.40. The predicted molar refractivity (Wildman–Crippen MR) is 71.1 cm³/mol. The number of aromatic hydroxyl groups is 1. The maximum absolute atomic E-state index is 12.4. The molecular formula is C13H17ClN2O2. The highest BCUT2D eigenvalue weighted by atomic mass is 35.5. The van der Waals surface area contributed by atoms with Crippen LogP contribution in [0.15, 0.2) is 18.2 Å². The van der Waals surface area contributed by atoms with Crippen molar-refractivity contribution in [1.29, 1.82) is 0 Å². The van der Waals surface area contributed by atoms with Crippen molar-refractivity contribution in [1.82, 2.24) is 10.2 Å². The first-order chi connectivity index (χ1) is 8.63. The Morgan fingerprint density at radius 3 is 3.00 bits per heavy atom. The summed E-state index contributed by atoms with van der Waals surface area (Å²) < 4.78 is 0. The molecule has 1 aromatic rings. The van der Waals surface area contributed by atoms with Gasteiger partial charge in [-0.05, 0) is 38.1 Å². The van der Waals surface area contributed by atoms with E-state index in [-0.39, 0.29) is 17.7 Å². The van der Waals surface area contributed by atoms with E-state index in [1.54, 1.807) is 11.0 Å². The van der Waals surface area contributed by atoms with Gasteiger partial charge in [-0.2, -0.15) is 0 Å². The number of carbonyl (C=O) groups is 1. The van der Waals surface area contributed by atoms with E-state index in [4.69, 9.17) is 11.6 Å². The number of nitrogens with zero attached hydrogens (tertiary/aromatic N) is 1. The van der Waals surface area contributed by atoms with Crippen molar-refractivity contribution >= 4 is 17.5 Å².